The molecule has 2 nitrogen and oxygen atoms in total. The summed E-state index contributed by atoms with van der Waals surface area (Å²) >= 11 is 0. The van der Waals surface area contributed by atoms with Gasteiger partial charge in [-0.2, -0.15) is 0 Å². The number of hydrogen-bond acceptors (Lipinski definition) is 2. The largest absolute Gasteiger partial charge is 0.415 e. The van der Waals surface area contributed by atoms with Gasteiger partial charge in [-0.05, 0) is 19.6 Å². The number of aliphatic hydroxyl groups is 1. The number of rotatable bonds is 3. The summed E-state index contributed by atoms with van der Waals surface area (Å²) in [6.45, 7) is 6.94. The fourth-order valence-electron chi connectivity index (χ4n) is 0.352. The van der Waals surface area contributed by atoms with E-state index in [-0.39, 0.29) is 28.9 Å². The molecule has 0 saturated heterocycles. The summed E-state index contributed by atoms with van der Waals surface area (Å²) in [4.78, 5) is 0. The van der Waals surface area contributed by atoms with Crippen molar-refractivity contribution in [2.75, 3.05) is 13.2 Å². The van der Waals surface area contributed by atoms with Crippen LogP contribution in [0.25, 0.3) is 0 Å². The summed E-state index contributed by atoms with van der Waals surface area (Å²) < 4.78 is 5.27. The monoisotopic (exact) mass is 182 g/mol. The maximum Gasteiger partial charge on any atom is 0.183 e. The van der Waals surface area contributed by atoms with E-state index in [9.17, 15) is 0 Å². The summed E-state index contributed by atoms with van der Waals surface area (Å²) in [6.07, 6.45) is 0. The first-order valence-corrected chi connectivity index (χ1v) is 6.22. The third-order valence-corrected chi connectivity index (χ3v) is 1.70. The Morgan fingerprint density at radius 2 is 1.45 bits per heavy atom. The molecule has 0 saturated carbocycles. The fourth-order valence-corrected chi connectivity index (χ4v) is 1.06. The van der Waals surface area contributed by atoms with Crippen molar-refractivity contribution in [3.05, 3.63) is 0 Å². The molecular weight excluding hydrogens is 156 g/mol. The zero-order valence-electron chi connectivity index (χ0n) is 5.77. The predicted octanol–water partition coefficient (Wildman–Crippen LogP) is 2.74. The first-order valence-electron chi connectivity index (χ1n) is 2.81. The molecule has 0 rings (SSSR count). The minimum Gasteiger partial charge on any atom is -0.415 e. The van der Waals surface area contributed by atoms with Gasteiger partial charge >= 0.3 is 0 Å². The number of aliphatic hydroxyl groups excluding tert-OH is 1. The lowest BCUT2D eigenvalue weighted by atomic mass is 10.8. The second-order valence-electron chi connectivity index (χ2n) is 2.68. The quantitative estimate of drug-likeness (QED) is 0.680. The molecule has 0 aliphatic rings. The Labute approximate surface area is 73.7 Å². The molecule has 0 aromatic carbocycles. The molecule has 74 valence electrons. The molecule has 0 bridgehead atoms. The van der Waals surface area contributed by atoms with Crippen LogP contribution in [-0.2, 0) is 4.43 Å². The van der Waals surface area contributed by atoms with Gasteiger partial charge in [-0.1, -0.05) is 22.3 Å². The topological polar surface area (TPSA) is 29.5 Å². The molecule has 0 radical (unpaired) electrons. The van der Waals surface area contributed by atoms with Crippen LogP contribution in [0.3, 0.4) is 0 Å². The van der Waals surface area contributed by atoms with Gasteiger partial charge in [-0.25, -0.2) is 0 Å². The summed E-state index contributed by atoms with van der Waals surface area (Å²) in [5.41, 5.74) is 0. The summed E-state index contributed by atoms with van der Waals surface area (Å²) in [5.74, 6) is 0. The normalized spacial score (nSPS) is 8.73. The van der Waals surface area contributed by atoms with Crippen molar-refractivity contribution in [2.45, 2.75) is 41.9 Å². The first kappa shape index (κ1) is 22.5. The van der Waals surface area contributed by atoms with Crippen LogP contribution in [0.1, 0.15) is 22.3 Å². The Morgan fingerprint density at radius 1 is 1.09 bits per heavy atom. The van der Waals surface area contributed by atoms with E-state index in [0.29, 0.717) is 6.61 Å². The Morgan fingerprint density at radius 3 is 1.55 bits per heavy atom. The third kappa shape index (κ3) is 25.4. The molecular formula is C8H26O2Si. The molecule has 0 amide bonds. The lowest BCUT2D eigenvalue weighted by Crippen LogP contribution is -2.26. The van der Waals surface area contributed by atoms with Gasteiger partial charge in [0, 0.05) is 0 Å². The highest BCUT2D eigenvalue weighted by Gasteiger charge is 2.12. The van der Waals surface area contributed by atoms with Gasteiger partial charge in [0.1, 0.15) is 0 Å². The lowest BCUT2D eigenvalue weighted by molar-refractivity contribution is 0.197. The van der Waals surface area contributed by atoms with Crippen LogP contribution in [0.2, 0.25) is 19.6 Å². The predicted molar refractivity (Wildman–Crippen MR) is 56.6 cm³/mol. The standard InChI is InChI=1S/C5H14O2Si.3CH4/c1-8(2,3)7-5-4-6;;;/h6H,4-5H2,1-3H3;3*1H4. The van der Waals surface area contributed by atoms with Crippen molar-refractivity contribution in [3.63, 3.8) is 0 Å². The maximum absolute atomic E-state index is 8.33. The van der Waals surface area contributed by atoms with Gasteiger partial charge in [-0.15, -0.1) is 0 Å². The summed E-state index contributed by atoms with van der Waals surface area (Å²) in [7, 11) is -1.34. The Balaban J connectivity index is -0.0000000817. The fraction of sp³-hybridized carbons (Fsp3) is 1.00. The number of hydrogen-bond donors (Lipinski definition) is 1. The van der Waals surface area contributed by atoms with Crippen LogP contribution < -0.4 is 0 Å². The molecule has 0 spiro atoms. The molecule has 0 aliphatic carbocycles. The van der Waals surface area contributed by atoms with E-state index >= 15 is 0 Å². The zero-order chi connectivity index (χ0) is 6.62. The summed E-state index contributed by atoms with van der Waals surface area (Å²) in [5, 5.41) is 8.33. The van der Waals surface area contributed by atoms with Crippen LogP contribution in [0, 0.1) is 0 Å². The van der Waals surface area contributed by atoms with Crippen LogP contribution in [0.5, 0.6) is 0 Å². The average Bonchev–Trinajstić information content (AvgIpc) is 1.59. The highest BCUT2D eigenvalue weighted by atomic mass is 28.4. The molecule has 0 unspecified atom stereocenters. The van der Waals surface area contributed by atoms with Crippen LogP contribution in [-0.4, -0.2) is 26.6 Å². The van der Waals surface area contributed by atoms with Crippen molar-refractivity contribution in [1.29, 1.82) is 0 Å². The first-order chi connectivity index (χ1) is 3.56. The van der Waals surface area contributed by atoms with Gasteiger partial charge in [0.05, 0.1) is 13.2 Å². The average molecular weight is 182 g/mol. The molecule has 0 fully saturated rings. The smallest absolute Gasteiger partial charge is 0.183 e. The van der Waals surface area contributed by atoms with Gasteiger partial charge in [-0.3, -0.25) is 0 Å². The van der Waals surface area contributed by atoms with E-state index in [1.807, 2.05) is 0 Å². The Kier molecular flexibility index (Phi) is 20.7. The van der Waals surface area contributed by atoms with Gasteiger partial charge in [0.2, 0.25) is 0 Å². The van der Waals surface area contributed by atoms with E-state index in [4.69, 9.17) is 9.53 Å². The van der Waals surface area contributed by atoms with Crippen LogP contribution in [0.4, 0.5) is 0 Å². The van der Waals surface area contributed by atoms with Crippen molar-refractivity contribution in [2.24, 2.45) is 0 Å². The van der Waals surface area contributed by atoms with Crippen molar-refractivity contribution in [3.8, 4) is 0 Å². The Hall–Kier alpha value is 0.137. The minimum absolute atomic E-state index is 0. The lowest BCUT2D eigenvalue weighted by Gasteiger charge is -2.15. The van der Waals surface area contributed by atoms with Gasteiger partial charge in [0.15, 0.2) is 8.32 Å². The van der Waals surface area contributed by atoms with Crippen molar-refractivity contribution >= 4 is 8.32 Å². The molecule has 11 heavy (non-hydrogen) atoms. The molecule has 0 aliphatic heterocycles. The Bertz CT molecular complexity index is 59.6. The summed E-state index contributed by atoms with van der Waals surface area (Å²) in [6, 6.07) is 0. The molecule has 0 atom stereocenters. The van der Waals surface area contributed by atoms with E-state index in [2.05, 4.69) is 19.6 Å². The van der Waals surface area contributed by atoms with Gasteiger partial charge < -0.3 is 9.53 Å². The zero-order valence-corrected chi connectivity index (χ0v) is 6.77. The van der Waals surface area contributed by atoms with Gasteiger partial charge in [0.25, 0.3) is 0 Å². The maximum atomic E-state index is 8.33. The van der Waals surface area contributed by atoms with E-state index < -0.39 is 8.32 Å². The van der Waals surface area contributed by atoms with E-state index in [1.54, 1.807) is 0 Å². The van der Waals surface area contributed by atoms with E-state index in [1.165, 1.54) is 0 Å². The molecule has 0 heterocycles. The SMILES string of the molecule is C.C.C.C[Si](C)(C)OCCO. The van der Waals surface area contributed by atoms with Crippen LogP contribution in [0.15, 0.2) is 0 Å². The second kappa shape index (κ2) is 10.1. The molecule has 0 aromatic heterocycles. The second-order valence-corrected chi connectivity index (χ2v) is 7.20. The highest BCUT2D eigenvalue weighted by molar-refractivity contribution is 6.69. The van der Waals surface area contributed by atoms with E-state index in [0.717, 1.165) is 0 Å². The molecule has 1 N–H and O–H groups in total. The van der Waals surface area contributed by atoms with Crippen molar-refractivity contribution < 1.29 is 9.53 Å². The molecule has 3 heteroatoms. The highest BCUT2D eigenvalue weighted by Crippen LogP contribution is 2.00. The molecule has 0 aromatic rings. The van der Waals surface area contributed by atoms with Crippen LogP contribution >= 0.6 is 0 Å². The minimum atomic E-state index is -1.34. The van der Waals surface area contributed by atoms with Crippen molar-refractivity contribution in [1.82, 2.24) is 0 Å². The third-order valence-electron chi connectivity index (χ3n) is 0.626.